The van der Waals surface area contributed by atoms with Gasteiger partial charge in [0.2, 0.25) is 0 Å². The number of rotatable bonds is 5. The Morgan fingerprint density at radius 3 is 2.55 bits per heavy atom. The van der Waals surface area contributed by atoms with Crippen molar-refractivity contribution < 1.29 is 0 Å². The minimum atomic E-state index is 0. The fourth-order valence-corrected chi connectivity index (χ4v) is 3.33. The number of hydrogen-bond donors (Lipinski definition) is 0. The molecule has 1 nitrogen and oxygen atoms in total. The Kier molecular flexibility index (Phi) is 6.12. The molecule has 1 saturated carbocycles. The first-order chi connectivity index (χ1) is 9.42. The average molecular weight is 292 g/mol. The normalized spacial score (nSPS) is 23.7. The van der Waals surface area contributed by atoms with E-state index in [0.717, 1.165) is 12.0 Å². The average Bonchev–Trinajstić information content (AvgIpc) is 2.83. The second-order valence-electron chi connectivity index (χ2n) is 6.14. The summed E-state index contributed by atoms with van der Waals surface area (Å²) in [5, 5.41) is 0. The summed E-state index contributed by atoms with van der Waals surface area (Å²) in [5.41, 5.74) is 1.33. The lowest BCUT2D eigenvalue weighted by atomic mass is 9.85. The fraction of sp³-hybridized carbons (Fsp3) is 0.556. The third-order valence-electron chi connectivity index (χ3n) is 4.73. The summed E-state index contributed by atoms with van der Waals surface area (Å²) in [6.45, 7) is 2.70. The van der Waals surface area contributed by atoms with Crippen molar-refractivity contribution in [2.45, 2.75) is 44.6 Å². The van der Waals surface area contributed by atoms with Gasteiger partial charge in [-0.2, -0.15) is 0 Å². The van der Waals surface area contributed by atoms with Crippen molar-refractivity contribution in [2.75, 3.05) is 13.1 Å². The summed E-state index contributed by atoms with van der Waals surface area (Å²) in [5.74, 6) is 1.01. The Morgan fingerprint density at radius 1 is 1.05 bits per heavy atom. The standard InChI is InChI=1S/C18H25N.ClH/c1-2-7-16(8-3-1)9-5-12-18-13-6-14-19(18)15-17-10-4-11-17;/h1-3,5,7-9,17-18H,4,6,10-15H2;1H/b9-5+;. The minimum Gasteiger partial charge on any atom is -0.300 e. The molecule has 2 aliphatic rings. The van der Waals surface area contributed by atoms with E-state index in [2.05, 4.69) is 47.4 Å². The number of likely N-dealkylation sites (tertiary alicyclic amines) is 1. The van der Waals surface area contributed by atoms with E-state index in [0.29, 0.717) is 0 Å². The summed E-state index contributed by atoms with van der Waals surface area (Å²) in [7, 11) is 0. The van der Waals surface area contributed by atoms with E-state index in [-0.39, 0.29) is 12.4 Å². The maximum Gasteiger partial charge on any atom is 0.0130 e. The van der Waals surface area contributed by atoms with Crippen LogP contribution in [0, 0.1) is 5.92 Å². The lowest BCUT2D eigenvalue weighted by Crippen LogP contribution is -2.35. The van der Waals surface area contributed by atoms with E-state index in [1.165, 1.54) is 57.2 Å². The van der Waals surface area contributed by atoms with E-state index in [4.69, 9.17) is 0 Å². The summed E-state index contributed by atoms with van der Waals surface area (Å²) in [4.78, 5) is 2.75. The molecule has 0 radical (unpaired) electrons. The maximum atomic E-state index is 2.75. The number of hydrogen-bond acceptors (Lipinski definition) is 1. The van der Waals surface area contributed by atoms with Crippen LogP contribution in [0.1, 0.15) is 44.1 Å². The fourth-order valence-electron chi connectivity index (χ4n) is 3.33. The van der Waals surface area contributed by atoms with Gasteiger partial charge >= 0.3 is 0 Å². The van der Waals surface area contributed by atoms with Crippen molar-refractivity contribution in [1.29, 1.82) is 0 Å². The molecule has 2 fully saturated rings. The van der Waals surface area contributed by atoms with E-state index in [1.807, 2.05) is 0 Å². The van der Waals surface area contributed by atoms with Crippen molar-refractivity contribution in [3.05, 3.63) is 42.0 Å². The molecule has 1 unspecified atom stereocenters. The molecule has 1 aliphatic carbocycles. The van der Waals surface area contributed by atoms with Crippen molar-refractivity contribution in [3.8, 4) is 0 Å². The van der Waals surface area contributed by atoms with Gasteiger partial charge in [-0.1, -0.05) is 48.9 Å². The quantitative estimate of drug-likeness (QED) is 0.755. The molecule has 2 heteroatoms. The first-order valence-corrected chi connectivity index (χ1v) is 7.87. The second kappa shape index (κ2) is 7.85. The van der Waals surface area contributed by atoms with Gasteiger partial charge in [0.25, 0.3) is 0 Å². The van der Waals surface area contributed by atoms with Crippen LogP contribution >= 0.6 is 12.4 Å². The van der Waals surface area contributed by atoms with E-state index < -0.39 is 0 Å². The van der Waals surface area contributed by atoms with Crippen LogP contribution in [0.3, 0.4) is 0 Å². The molecule has 0 spiro atoms. The molecule has 0 amide bonds. The first kappa shape index (κ1) is 15.6. The van der Waals surface area contributed by atoms with Gasteiger partial charge in [0.15, 0.2) is 0 Å². The molecule has 1 saturated heterocycles. The predicted octanol–water partition coefficient (Wildman–Crippen LogP) is 4.78. The van der Waals surface area contributed by atoms with Crippen molar-refractivity contribution in [2.24, 2.45) is 5.92 Å². The molecule has 110 valence electrons. The summed E-state index contributed by atoms with van der Waals surface area (Å²) in [6.07, 6.45) is 13.1. The molecule has 0 N–H and O–H groups in total. The molecule has 1 aromatic carbocycles. The van der Waals surface area contributed by atoms with Crippen LogP contribution in [-0.2, 0) is 0 Å². The summed E-state index contributed by atoms with van der Waals surface area (Å²) in [6, 6.07) is 11.5. The zero-order valence-electron chi connectivity index (χ0n) is 12.2. The highest BCUT2D eigenvalue weighted by molar-refractivity contribution is 5.85. The highest BCUT2D eigenvalue weighted by atomic mass is 35.5. The monoisotopic (exact) mass is 291 g/mol. The predicted molar refractivity (Wildman–Crippen MR) is 89.3 cm³/mol. The third-order valence-corrected chi connectivity index (χ3v) is 4.73. The Hall–Kier alpha value is -0.790. The molecule has 3 rings (SSSR count). The van der Waals surface area contributed by atoms with E-state index in [9.17, 15) is 0 Å². The van der Waals surface area contributed by atoms with Gasteiger partial charge in [-0.25, -0.2) is 0 Å². The van der Waals surface area contributed by atoms with Crippen LogP contribution in [0.15, 0.2) is 36.4 Å². The molecular formula is C18H26ClN. The number of halogens is 1. The molecule has 1 atom stereocenters. The molecule has 1 aliphatic heterocycles. The summed E-state index contributed by atoms with van der Waals surface area (Å²) < 4.78 is 0. The first-order valence-electron chi connectivity index (χ1n) is 7.87. The van der Waals surface area contributed by atoms with Gasteiger partial charge in [-0.05, 0) is 50.1 Å². The largest absolute Gasteiger partial charge is 0.300 e. The Bertz CT molecular complexity index is 411. The Balaban J connectivity index is 0.00000147. The zero-order valence-corrected chi connectivity index (χ0v) is 13.0. The van der Waals surface area contributed by atoms with Crippen LogP contribution in [-0.4, -0.2) is 24.0 Å². The van der Waals surface area contributed by atoms with E-state index in [1.54, 1.807) is 0 Å². The second-order valence-corrected chi connectivity index (χ2v) is 6.14. The van der Waals surface area contributed by atoms with Gasteiger partial charge in [-0.3, -0.25) is 4.90 Å². The van der Waals surface area contributed by atoms with Crippen molar-refractivity contribution in [3.63, 3.8) is 0 Å². The summed E-state index contributed by atoms with van der Waals surface area (Å²) >= 11 is 0. The smallest absolute Gasteiger partial charge is 0.0130 e. The molecule has 0 bridgehead atoms. The SMILES string of the molecule is C(=C\c1ccccc1)/CC1CCCN1CC1CCC1.Cl. The lowest BCUT2D eigenvalue weighted by molar-refractivity contribution is 0.167. The van der Waals surface area contributed by atoms with Gasteiger partial charge in [0.1, 0.15) is 0 Å². The number of benzene rings is 1. The Morgan fingerprint density at radius 2 is 1.85 bits per heavy atom. The third kappa shape index (κ3) is 4.10. The molecule has 0 aromatic heterocycles. The van der Waals surface area contributed by atoms with Gasteiger partial charge in [0.05, 0.1) is 0 Å². The van der Waals surface area contributed by atoms with Crippen molar-refractivity contribution in [1.82, 2.24) is 4.90 Å². The minimum absolute atomic E-state index is 0. The van der Waals surface area contributed by atoms with Gasteiger partial charge in [-0.15, -0.1) is 12.4 Å². The van der Waals surface area contributed by atoms with Crippen LogP contribution < -0.4 is 0 Å². The van der Waals surface area contributed by atoms with Gasteiger partial charge < -0.3 is 0 Å². The highest BCUT2D eigenvalue weighted by Crippen LogP contribution is 2.30. The van der Waals surface area contributed by atoms with Crippen LogP contribution in [0.4, 0.5) is 0 Å². The van der Waals surface area contributed by atoms with Crippen LogP contribution in [0.5, 0.6) is 0 Å². The highest BCUT2D eigenvalue weighted by Gasteiger charge is 2.27. The van der Waals surface area contributed by atoms with Crippen LogP contribution in [0.25, 0.3) is 6.08 Å². The topological polar surface area (TPSA) is 3.24 Å². The van der Waals surface area contributed by atoms with E-state index >= 15 is 0 Å². The number of nitrogens with zero attached hydrogens (tertiary/aromatic N) is 1. The zero-order chi connectivity index (χ0) is 12.9. The lowest BCUT2D eigenvalue weighted by Gasteiger charge is -2.33. The Labute approximate surface area is 129 Å². The van der Waals surface area contributed by atoms with Gasteiger partial charge in [0, 0.05) is 12.6 Å². The molecular weight excluding hydrogens is 266 g/mol. The molecule has 1 aromatic rings. The van der Waals surface area contributed by atoms with Crippen LogP contribution in [0.2, 0.25) is 0 Å². The van der Waals surface area contributed by atoms with Crippen molar-refractivity contribution >= 4 is 18.5 Å². The maximum absolute atomic E-state index is 2.75. The molecule has 1 heterocycles. The molecule has 20 heavy (non-hydrogen) atoms.